The largest absolute Gasteiger partial charge is 0.481 e. The van der Waals surface area contributed by atoms with Crippen LogP contribution in [0, 0.1) is 0 Å². The SMILES string of the molecule is O=C(O)CCNC(=O)c1cnn2ccncc12. The van der Waals surface area contributed by atoms with Gasteiger partial charge in [0.1, 0.15) is 0 Å². The standard InChI is InChI=1S/C10H10N4O3/c15-9(16)1-2-12-10(17)7-5-13-14-4-3-11-6-8(7)14/h3-6H,1-2H2,(H,12,17)(H,15,16). The van der Waals surface area contributed by atoms with Crippen LogP contribution in [-0.4, -0.2) is 38.1 Å². The summed E-state index contributed by atoms with van der Waals surface area (Å²) >= 11 is 0. The van der Waals surface area contributed by atoms with Crippen molar-refractivity contribution in [1.82, 2.24) is 19.9 Å². The molecule has 2 aromatic rings. The van der Waals surface area contributed by atoms with E-state index in [-0.39, 0.29) is 18.9 Å². The van der Waals surface area contributed by atoms with Gasteiger partial charge in [0.25, 0.3) is 5.91 Å². The molecule has 1 amide bonds. The third-order valence-corrected chi connectivity index (χ3v) is 2.19. The van der Waals surface area contributed by atoms with Crippen LogP contribution in [0.15, 0.2) is 24.8 Å². The molecule has 0 aliphatic carbocycles. The lowest BCUT2D eigenvalue weighted by Gasteiger charge is -2.01. The number of carboxylic acids is 1. The zero-order chi connectivity index (χ0) is 12.3. The van der Waals surface area contributed by atoms with Gasteiger partial charge in [-0.2, -0.15) is 5.10 Å². The van der Waals surface area contributed by atoms with Crippen molar-refractivity contribution in [3.05, 3.63) is 30.4 Å². The molecule has 0 saturated heterocycles. The quantitative estimate of drug-likeness (QED) is 0.772. The molecule has 0 unspecified atom stereocenters. The van der Waals surface area contributed by atoms with Gasteiger partial charge < -0.3 is 10.4 Å². The van der Waals surface area contributed by atoms with Crippen LogP contribution in [0.25, 0.3) is 5.52 Å². The average Bonchev–Trinajstić information content (AvgIpc) is 2.72. The van der Waals surface area contributed by atoms with Crippen LogP contribution in [0.5, 0.6) is 0 Å². The third kappa shape index (κ3) is 2.39. The number of nitrogens with zero attached hydrogens (tertiary/aromatic N) is 3. The van der Waals surface area contributed by atoms with Gasteiger partial charge in [0.05, 0.1) is 29.9 Å². The molecular formula is C10H10N4O3. The molecule has 0 atom stereocenters. The lowest BCUT2D eigenvalue weighted by atomic mass is 10.2. The first-order valence-electron chi connectivity index (χ1n) is 4.96. The number of rotatable bonds is 4. The van der Waals surface area contributed by atoms with Crippen molar-refractivity contribution in [2.75, 3.05) is 6.54 Å². The molecule has 0 spiro atoms. The Kier molecular flexibility index (Phi) is 2.99. The van der Waals surface area contributed by atoms with Crippen LogP contribution >= 0.6 is 0 Å². The Bertz CT molecular complexity index is 563. The number of aliphatic carboxylic acids is 1. The first-order chi connectivity index (χ1) is 8.18. The molecule has 2 heterocycles. The van der Waals surface area contributed by atoms with Gasteiger partial charge in [-0.05, 0) is 0 Å². The first kappa shape index (κ1) is 11.1. The molecule has 2 N–H and O–H groups in total. The summed E-state index contributed by atoms with van der Waals surface area (Å²) in [5.41, 5.74) is 0.962. The zero-order valence-electron chi connectivity index (χ0n) is 8.83. The Hall–Kier alpha value is -2.44. The summed E-state index contributed by atoms with van der Waals surface area (Å²) < 4.78 is 1.53. The first-order valence-corrected chi connectivity index (χ1v) is 4.96. The van der Waals surface area contributed by atoms with Crippen LogP contribution in [0.4, 0.5) is 0 Å². The highest BCUT2D eigenvalue weighted by Crippen LogP contribution is 2.07. The number of fused-ring (bicyclic) bond motifs is 1. The zero-order valence-corrected chi connectivity index (χ0v) is 8.83. The monoisotopic (exact) mass is 234 g/mol. The van der Waals surface area contributed by atoms with Crippen LogP contribution < -0.4 is 5.32 Å². The molecule has 2 aromatic heterocycles. The predicted octanol–water partition coefficient (Wildman–Crippen LogP) is -0.0662. The molecule has 7 nitrogen and oxygen atoms in total. The molecule has 88 valence electrons. The molecule has 0 aliphatic rings. The van der Waals surface area contributed by atoms with E-state index < -0.39 is 5.97 Å². The van der Waals surface area contributed by atoms with E-state index in [0.29, 0.717) is 11.1 Å². The lowest BCUT2D eigenvalue weighted by molar-refractivity contribution is -0.136. The second-order valence-electron chi connectivity index (χ2n) is 3.36. The molecule has 0 fully saturated rings. The summed E-state index contributed by atoms with van der Waals surface area (Å²) in [6.07, 6.45) is 6.03. The molecule has 0 bridgehead atoms. The number of nitrogens with one attached hydrogen (secondary N) is 1. The maximum Gasteiger partial charge on any atom is 0.305 e. The van der Waals surface area contributed by atoms with E-state index in [1.807, 2.05) is 0 Å². The van der Waals surface area contributed by atoms with Crippen LogP contribution in [-0.2, 0) is 4.79 Å². The van der Waals surface area contributed by atoms with E-state index in [2.05, 4.69) is 15.4 Å². The Morgan fingerprint density at radius 2 is 2.24 bits per heavy atom. The molecule has 0 aromatic carbocycles. The summed E-state index contributed by atoms with van der Waals surface area (Å²) in [6, 6.07) is 0. The Labute approximate surface area is 96.1 Å². The minimum atomic E-state index is -0.952. The van der Waals surface area contributed by atoms with Gasteiger partial charge in [0.15, 0.2) is 0 Å². The average molecular weight is 234 g/mol. The summed E-state index contributed by atoms with van der Waals surface area (Å²) in [5.74, 6) is -1.30. The number of carbonyl (C=O) groups excluding carboxylic acids is 1. The van der Waals surface area contributed by atoms with Crippen molar-refractivity contribution in [2.24, 2.45) is 0 Å². The normalized spacial score (nSPS) is 10.4. The summed E-state index contributed by atoms with van der Waals surface area (Å²) in [5, 5.41) is 14.9. The maximum atomic E-state index is 11.7. The van der Waals surface area contributed by atoms with Gasteiger partial charge in [-0.25, -0.2) is 4.52 Å². The number of carbonyl (C=O) groups is 2. The molecule has 0 aliphatic heterocycles. The molecule has 2 rings (SSSR count). The molecule has 0 saturated carbocycles. The number of hydrogen-bond acceptors (Lipinski definition) is 4. The number of hydrogen-bond donors (Lipinski definition) is 2. The second-order valence-corrected chi connectivity index (χ2v) is 3.36. The maximum absolute atomic E-state index is 11.7. The van der Waals surface area contributed by atoms with E-state index in [1.54, 1.807) is 12.4 Å². The van der Waals surface area contributed by atoms with E-state index >= 15 is 0 Å². The lowest BCUT2D eigenvalue weighted by Crippen LogP contribution is -2.25. The number of aromatic nitrogens is 3. The topological polar surface area (TPSA) is 96.6 Å². The smallest absolute Gasteiger partial charge is 0.305 e. The van der Waals surface area contributed by atoms with Crippen molar-refractivity contribution in [1.29, 1.82) is 0 Å². The van der Waals surface area contributed by atoms with Crippen LogP contribution in [0.1, 0.15) is 16.8 Å². The number of carboxylic acid groups (broad SMARTS) is 1. The van der Waals surface area contributed by atoms with E-state index in [4.69, 9.17) is 5.11 Å². The highest BCUT2D eigenvalue weighted by Gasteiger charge is 2.12. The highest BCUT2D eigenvalue weighted by molar-refractivity contribution is 6.00. The fourth-order valence-electron chi connectivity index (χ4n) is 1.39. The minimum absolute atomic E-state index is 0.0891. The molecule has 17 heavy (non-hydrogen) atoms. The van der Waals surface area contributed by atoms with Crippen LogP contribution in [0.2, 0.25) is 0 Å². The molecular weight excluding hydrogens is 224 g/mol. The highest BCUT2D eigenvalue weighted by atomic mass is 16.4. The van der Waals surface area contributed by atoms with Crippen molar-refractivity contribution in [2.45, 2.75) is 6.42 Å². The van der Waals surface area contributed by atoms with Gasteiger partial charge in [0, 0.05) is 18.9 Å². The fraction of sp³-hybridized carbons (Fsp3) is 0.200. The van der Waals surface area contributed by atoms with Crippen LogP contribution in [0.3, 0.4) is 0 Å². The molecule has 0 radical (unpaired) electrons. The van der Waals surface area contributed by atoms with E-state index in [9.17, 15) is 9.59 Å². The van der Waals surface area contributed by atoms with Gasteiger partial charge >= 0.3 is 5.97 Å². The van der Waals surface area contributed by atoms with Crippen molar-refractivity contribution in [3.8, 4) is 0 Å². The Morgan fingerprint density at radius 1 is 1.41 bits per heavy atom. The Balaban J connectivity index is 2.11. The predicted molar refractivity (Wildman–Crippen MR) is 57.6 cm³/mol. The van der Waals surface area contributed by atoms with Crippen molar-refractivity contribution >= 4 is 17.4 Å². The summed E-state index contributed by atoms with van der Waals surface area (Å²) in [4.78, 5) is 25.9. The minimum Gasteiger partial charge on any atom is -0.481 e. The van der Waals surface area contributed by atoms with Gasteiger partial charge in [-0.3, -0.25) is 14.6 Å². The van der Waals surface area contributed by atoms with E-state index in [1.165, 1.54) is 16.9 Å². The van der Waals surface area contributed by atoms with Gasteiger partial charge in [-0.15, -0.1) is 0 Å². The summed E-state index contributed by atoms with van der Waals surface area (Å²) in [6.45, 7) is 0.0891. The Morgan fingerprint density at radius 3 is 3.00 bits per heavy atom. The third-order valence-electron chi connectivity index (χ3n) is 2.19. The number of amides is 1. The van der Waals surface area contributed by atoms with Crippen molar-refractivity contribution < 1.29 is 14.7 Å². The van der Waals surface area contributed by atoms with E-state index in [0.717, 1.165) is 0 Å². The second kappa shape index (κ2) is 4.60. The summed E-state index contributed by atoms with van der Waals surface area (Å²) in [7, 11) is 0. The van der Waals surface area contributed by atoms with Gasteiger partial charge in [-0.1, -0.05) is 0 Å². The van der Waals surface area contributed by atoms with Crippen molar-refractivity contribution in [3.63, 3.8) is 0 Å². The fourth-order valence-corrected chi connectivity index (χ4v) is 1.39. The molecule has 7 heteroatoms. The van der Waals surface area contributed by atoms with Gasteiger partial charge in [0.2, 0.25) is 0 Å².